The minimum atomic E-state index is -2.00. The predicted octanol–water partition coefficient (Wildman–Crippen LogP) is 1.75. The molecule has 4 nitrogen and oxygen atoms in total. The van der Waals surface area contributed by atoms with E-state index in [4.69, 9.17) is 14.8 Å². The van der Waals surface area contributed by atoms with Gasteiger partial charge in [-0.15, -0.1) is 0 Å². The van der Waals surface area contributed by atoms with Crippen molar-refractivity contribution in [2.45, 2.75) is 6.61 Å². The highest BCUT2D eigenvalue weighted by atomic mass is 19.1. The zero-order valence-corrected chi connectivity index (χ0v) is 9.99. The molecule has 0 aliphatic heterocycles. The first-order valence-electron chi connectivity index (χ1n) is 5.63. The van der Waals surface area contributed by atoms with E-state index in [-0.39, 0.29) is 18.1 Å². The van der Waals surface area contributed by atoms with Gasteiger partial charge in [0, 0.05) is 18.2 Å². The van der Waals surface area contributed by atoms with Crippen molar-refractivity contribution in [3.8, 4) is 11.5 Å². The normalized spacial score (nSPS) is 10.1. The maximum absolute atomic E-state index is 13.3. The molecule has 0 bridgehead atoms. The minimum absolute atomic E-state index is 0.0157. The van der Waals surface area contributed by atoms with Crippen LogP contribution in [0.15, 0.2) is 48.5 Å². The van der Waals surface area contributed by atoms with E-state index in [0.717, 1.165) is 11.6 Å². The lowest BCUT2D eigenvalue weighted by Gasteiger charge is -2.09. The molecule has 6 heteroatoms. The molecule has 0 unspecified atom stereocenters. The lowest BCUT2D eigenvalue weighted by atomic mass is 10.2. The fraction of sp³-hybridized carbons (Fsp3) is 0.0769. The van der Waals surface area contributed by atoms with Crippen molar-refractivity contribution in [2.75, 3.05) is 0 Å². The smallest absolute Gasteiger partial charge is 0.512 e. The second kappa shape index (κ2) is 6.22. The van der Waals surface area contributed by atoms with Crippen LogP contribution >= 0.6 is 0 Å². The fourth-order valence-corrected chi connectivity index (χ4v) is 1.55. The molecule has 0 saturated carbocycles. The molecule has 0 amide bonds. The molecule has 0 saturated heterocycles. The molecular formula is C13H12BFO4. The Bertz CT molecular complexity index is 533. The molecule has 0 heterocycles. The molecule has 2 aromatic carbocycles. The van der Waals surface area contributed by atoms with Crippen molar-refractivity contribution >= 4 is 7.32 Å². The Balaban J connectivity index is 2.05. The Morgan fingerprint density at radius 1 is 1.00 bits per heavy atom. The fourth-order valence-electron chi connectivity index (χ4n) is 1.55. The summed E-state index contributed by atoms with van der Waals surface area (Å²) in [5, 5.41) is 17.3. The van der Waals surface area contributed by atoms with Gasteiger partial charge in [0.25, 0.3) is 0 Å². The quantitative estimate of drug-likeness (QED) is 0.806. The minimum Gasteiger partial charge on any atom is -0.512 e. The van der Waals surface area contributed by atoms with Crippen LogP contribution in [0.1, 0.15) is 5.56 Å². The lowest BCUT2D eigenvalue weighted by molar-refractivity contribution is 0.282. The molecule has 0 fully saturated rings. The second-order valence-corrected chi connectivity index (χ2v) is 3.84. The van der Waals surface area contributed by atoms with Crippen LogP contribution in [0.25, 0.3) is 0 Å². The predicted molar refractivity (Wildman–Crippen MR) is 68.0 cm³/mol. The monoisotopic (exact) mass is 262 g/mol. The van der Waals surface area contributed by atoms with Crippen molar-refractivity contribution in [1.82, 2.24) is 0 Å². The molecule has 0 aromatic heterocycles. The summed E-state index contributed by atoms with van der Waals surface area (Å²) in [6, 6.07) is 13.0. The third kappa shape index (κ3) is 4.28. The standard InChI is InChI=1S/C13H12BFO4/c15-11-6-12(8-13(7-11)19-14(16)17)18-9-10-4-2-1-3-5-10/h1-8,16-17H,9H2. The number of hydrogen-bond acceptors (Lipinski definition) is 4. The first kappa shape index (κ1) is 13.4. The van der Waals surface area contributed by atoms with Gasteiger partial charge in [-0.3, -0.25) is 0 Å². The molecule has 0 aliphatic carbocycles. The van der Waals surface area contributed by atoms with E-state index in [1.54, 1.807) is 0 Å². The average Bonchev–Trinajstić information content (AvgIpc) is 2.36. The van der Waals surface area contributed by atoms with Crippen LogP contribution in [0.3, 0.4) is 0 Å². The van der Waals surface area contributed by atoms with E-state index in [1.165, 1.54) is 12.1 Å². The van der Waals surface area contributed by atoms with Crippen molar-refractivity contribution < 1.29 is 23.8 Å². The van der Waals surface area contributed by atoms with Gasteiger partial charge in [0.1, 0.15) is 23.9 Å². The first-order chi connectivity index (χ1) is 9.13. The zero-order valence-electron chi connectivity index (χ0n) is 9.99. The van der Waals surface area contributed by atoms with Crippen LogP contribution < -0.4 is 9.39 Å². The molecular weight excluding hydrogens is 250 g/mol. The topological polar surface area (TPSA) is 58.9 Å². The highest BCUT2D eigenvalue weighted by Gasteiger charge is 2.13. The Morgan fingerprint density at radius 3 is 2.37 bits per heavy atom. The molecule has 2 aromatic rings. The lowest BCUT2D eigenvalue weighted by Crippen LogP contribution is -2.20. The van der Waals surface area contributed by atoms with Crippen LogP contribution in [0.4, 0.5) is 4.39 Å². The first-order valence-corrected chi connectivity index (χ1v) is 5.63. The molecule has 0 radical (unpaired) electrons. The van der Waals surface area contributed by atoms with Gasteiger partial charge >= 0.3 is 7.32 Å². The second-order valence-electron chi connectivity index (χ2n) is 3.84. The Morgan fingerprint density at radius 2 is 1.68 bits per heavy atom. The van der Waals surface area contributed by atoms with E-state index in [0.29, 0.717) is 0 Å². The van der Waals surface area contributed by atoms with Crippen molar-refractivity contribution in [3.63, 3.8) is 0 Å². The summed E-state index contributed by atoms with van der Waals surface area (Å²) in [5.74, 6) is -0.348. The zero-order chi connectivity index (χ0) is 13.7. The Hall–Kier alpha value is -2.05. The summed E-state index contributed by atoms with van der Waals surface area (Å²) in [5.41, 5.74) is 0.941. The van der Waals surface area contributed by atoms with Gasteiger partial charge < -0.3 is 19.4 Å². The van der Waals surface area contributed by atoms with E-state index in [9.17, 15) is 4.39 Å². The van der Waals surface area contributed by atoms with Crippen LogP contribution in [-0.4, -0.2) is 17.4 Å². The summed E-state index contributed by atoms with van der Waals surface area (Å²) in [6.07, 6.45) is 0. The maximum atomic E-state index is 13.3. The van der Waals surface area contributed by atoms with E-state index in [2.05, 4.69) is 4.65 Å². The van der Waals surface area contributed by atoms with E-state index < -0.39 is 13.1 Å². The third-order valence-electron chi connectivity index (χ3n) is 2.33. The van der Waals surface area contributed by atoms with Gasteiger partial charge in [-0.1, -0.05) is 30.3 Å². The molecule has 98 valence electrons. The molecule has 19 heavy (non-hydrogen) atoms. The number of benzene rings is 2. The number of rotatable bonds is 5. The van der Waals surface area contributed by atoms with Crippen LogP contribution in [-0.2, 0) is 6.61 Å². The summed E-state index contributed by atoms with van der Waals surface area (Å²) in [7, 11) is -2.00. The Labute approximate surface area is 110 Å². The molecule has 2 rings (SSSR count). The largest absolute Gasteiger partial charge is 0.707 e. The van der Waals surface area contributed by atoms with Gasteiger partial charge in [-0.2, -0.15) is 0 Å². The molecule has 0 aliphatic rings. The van der Waals surface area contributed by atoms with Crippen molar-refractivity contribution in [3.05, 3.63) is 59.9 Å². The summed E-state index contributed by atoms with van der Waals surface area (Å²) in [6.45, 7) is 0.283. The SMILES string of the molecule is OB(O)Oc1cc(F)cc(OCc2ccccc2)c1. The maximum Gasteiger partial charge on any atom is 0.707 e. The van der Waals surface area contributed by atoms with Crippen molar-refractivity contribution in [1.29, 1.82) is 0 Å². The highest BCUT2D eigenvalue weighted by Crippen LogP contribution is 2.23. The number of hydrogen-bond donors (Lipinski definition) is 2. The molecule has 0 spiro atoms. The van der Waals surface area contributed by atoms with Crippen LogP contribution in [0.2, 0.25) is 0 Å². The Kier molecular flexibility index (Phi) is 4.38. The number of halogens is 1. The summed E-state index contributed by atoms with van der Waals surface area (Å²) < 4.78 is 23.3. The van der Waals surface area contributed by atoms with Crippen molar-refractivity contribution in [2.24, 2.45) is 0 Å². The van der Waals surface area contributed by atoms with Gasteiger partial charge in [-0.05, 0) is 5.56 Å². The van der Waals surface area contributed by atoms with Gasteiger partial charge in [0.2, 0.25) is 0 Å². The van der Waals surface area contributed by atoms with Crippen LogP contribution in [0.5, 0.6) is 11.5 Å². The number of ether oxygens (including phenoxy) is 1. The summed E-state index contributed by atoms with van der Waals surface area (Å²) >= 11 is 0. The van der Waals surface area contributed by atoms with Crippen LogP contribution in [0, 0.1) is 5.82 Å². The highest BCUT2D eigenvalue weighted by molar-refractivity contribution is 6.33. The van der Waals surface area contributed by atoms with E-state index >= 15 is 0 Å². The summed E-state index contributed by atoms with van der Waals surface area (Å²) in [4.78, 5) is 0. The van der Waals surface area contributed by atoms with E-state index in [1.807, 2.05) is 30.3 Å². The molecule has 2 N–H and O–H groups in total. The average molecular weight is 262 g/mol. The van der Waals surface area contributed by atoms with Gasteiger partial charge in [-0.25, -0.2) is 4.39 Å². The van der Waals surface area contributed by atoms with Gasteiger partial charge in [0.05, 0.1) is 0 Å². The molecule has 0 atom stereocenters. The third-order valence-corrected chi connectivity index (χ3v) is 2.33. The van der Waals surface area contributed by atoms with Gasteiger partial charge in [0.15, 0.2) is 0 Å².